The Balaban J connectivity index is 2.06. The number of aromatic carboxylic acids is 1. The molecule has 1 unspecified atom stereocenters. The van der Waals surface area contributed by atoms with Crippen LogP contribution in [0.5, 0.6) is 0 Å². The first kappa shape index (κ1) is 9.52. The van der Waals surface area contributed by atoms with Gasteiger partial charge in [-0.3, -0.25) is 0 Å². The molecule has 0 fully saturated rings. The lowest BCUT2D eigenvalue weighted by Crippen LogP contribution is -2.42. The van der Waals surface area contributed by atoms with E-state index >= 15 is 0 Å². The van der Waals surface area contributed by atoms with Gasteiger partial charge in [0.2, 0.25) is 0 Å². The third-order valence-electron chi connectivity index (χ3n) is 3.55. The van der Waals surface area contributed by atoms with Crippen molar-refractivity contribution in [1.82, 2.24) is 5.32 Å². The Morgan fingerprint density at radius 2 is 2.38 bits per heavy atom. The fourth-order valence-corrected chi connectivity index (χ4v) is 2.72. The summed E-state index contributed by atoms with van der Waals surface area (Å²) in [5, 5.41) is 12.5. The van der Waals surface area contributed by atoms with E-state index in [-0.39, 0.29) is 0 Å². The van der Waals surface area contributed by atoms with Crippen LogP contribution in [0.15, 0.2) is 30.4 Å². The Morgan fingerprint density at radius 1 is 1.50 bits per heavy atom. The topological polar surface area (TPSA) is 49.3 Å². The van der Waals surface area contributed by atoms with Gasteiger partial charge in [-0.1, -0.05) is 18.1 Å². The van der Waals surface area contributed by atoms with Gasteiger partial charge in [0.15, 0.2) is 6.71 Å². The largest absolute Gasteiger partial charge is 0.478 e. The highest BCUT2D eigenvalue weighted by atomic mass is 16.4. The van der Waals surface area contributed by atoms with E-state index in [0.29, 0.717) is 18.2 Å². The van der Waals surface area contributed by atoms with Crippen LogP contribution in [0, 0.1) is 0 Å². The molecule has 0 amide bonds. The number of fused-ring (bicyclic) bond motifs is 2. The van der Waals surface area contributed by atoms with E-state index in [9.17, 15) is 4.79 Å². The van der Waals surface area contributed by atoms with Crippen molar-refractivity contribution >= 4 is 12.7 Å². The standard InChI is InChI=1S/C12H12BNO2/c15-12(16)9-3-1-2-8-6-11-13(4-5-14-11)7-10(8)9/h1-5,11,14H,6-7H2,(H,15,16). The van der Waals surface area contributed by atoms with Crippen LogP contribution in [-0.2, 0) is 12.7 Å². The molecule has 80 valence electrons. The molecule has 0 saturated heterocycles. The third-order valence-corrected chi connectivity index (χ3v) is 3.55. The van der Waals surface area contributed by atoms with Gasteiger partial charge < -0.3 is 10.4 Å². The van der Waals surface area contributed by atoms with E-state index in [2.05, 4.69) is 11.3 Å². The summed E-state index contributed by atoms with van der Waals surface area (Å²) in [6.07, 6.45) is 3.75. The van der Waals surface area contributed by atoms with E-state index in [1.54, 1.807) is 6.07 Å². The van der Waals surface area contributed by atoms with Gasteiger partial charge in [-0.05, 0) is 36.1 Å². The van der Waals surface area contributed by atoms with Crippen molar-refractivity contribution < 1.29 is 9.90 Å². The van der Waals surface area contributed by atoms with Gasteiger partial charge >= 0.3 is 5.97 Å². The molecule has 1 aromatic carbocycles. The highest BCUT2D eigenvalue weighted by Crippen LogP contribution is 2.26. The zero-order chi connectivity index (χ0) is 11.1. The number of carboxylic acid groups (broad SMARTS) is 1. The molecular formula is C12H12BNO2. The second-order valence-corrected chi connectivity index (χ2v) is 4.45. The maximum absolute atomic E-state index is 11.1. The summed E-state index contributed by atoms with van der Waals surface area (Å²) < 4.78 is 0. The highest BCUT2D eigenvalue weighted by Gasteiger charge is 2.33. The molecule has 1 atom stereocenters. The van der Waals surface area contributed by atoms with Crippen LogP contribution in [0.3, 0.4) is 0 Å². The summed E-state index contributed by atoms with van der Waals surface area (Å²) in [6.45, 7) is 0.452. The average Bonchev–Trinajstić information content (AvgIpc) is 2.71. The summed E-state index contributed by atoms with van der Waals surface area (Å²) >= 11 is 0. The molecule has 0 spiro atoms. The Bertz CT molecular complexity index is 484. The number of rotatable bonds is 1. The van der Waals surface area contributed by atoms with Gasteiger partial charge in [0.05, 0.1) is 5.56 Å². The first-order valence-corrected chi connectivity index (χ1v) is 5.52. The van der Waals surface area contributed by atoms with Crippen LogP contribution < -0.4 is 5.32 Å². The van der Waals surface area contributed by atoms with Crippen LogP contribution >= 0.6 is 0 Å². The van der Waals surface area contributed by atoms with Gasteiger partial charge in [0.1, 0.15) is 0 Å². The maximum Gasteiger partial charge on any atom is 0.335 e. The van der Waals surface area contributed by atoms with Gasteiger partial charge in [-0.25, -0.2) is 4.79 Å². The predicted molar refractivity (Wildman–Crippen MR) is 62.6 cm³/mol. The predicted octanol–water partition coefficient (Wildman–Crippen LogP) is 1.08. The first-order valence-electron chi connectivity index (χ1n) is 5.52. The zero-order valence-electron chi connectivity index (χ0n) is 8.81. The number of carbonyl (C=O) groups is 1. The van der Waals surface area contributed by atoms with Crippen molar-refractivity contribution in [2.24, 2.45) is 0 Å². The molecule has 4 heteroatoms. The van der Waals surface area contributed by atoms with Crippen LogP contribution in [0.1, 0.15) is 21.5 Å². The number of carboxylic acids is 1. The van der Waals surface area contributed by atoms with Crippen molar-refractivity contribution in [3.63, 3.8) is 0 Å². The minimum atomic E-state index is -0.815. The molecule has 2 aliphatic heterocycles. The van der Waals surface area contributed by atoms with Crippen molar-refractivity contribution in [2.45, 2.75) is 18.7 Å². The number of hydrogen-bond donors (Lipinski definition) is 2. The molecule has 0 aromatic heterocycles. The Kier molecular flexibility index (Phi) is 2.03. The second kappa shape index (κ2) is 3.40. The molecule has 3 rings (SSSR count). The van der Waals surface area contributed by atoms with Crippen LogP contribution in [-0.4, -0.2) is 23.7 Å². The number of nitrogens with one attached hydrogen (secondary N) is 1. The Hall–Kier alpha value is -1.71. The molecule has 2 N–H and O–H groups in total. The quantitative estimate of drug-likeness (QED) is 0.686. The molecule has 2 heterocycles. The highest BCUT2D eigenvalue weighted by molar-refractivity contribution is 6.66. The number of hydrogen-bond acceptors (Lipinski definition) is 2. The lowest BCUT2D eigenvalue weighted by Gasteiger charge is -2.26. The summed E-state index contributed by atoms with van der Waals surface area (Å²) in [6, 6.07) is 5.58. The smallest absolute Gasteiger partial charge is 0.335 e. The van der Waals surface area contributed by atoms with Crippen molar-refractivity contribution in [3.05, 3.63) is 47.1 Å². The molecule has 0 bridgehead atoms. The first-order chi connectivity index (χ1) is 7.75. The van der Waals surface area contributed by atoms with Crippen molar-refractivity contribution in [3.8, 4) is 0 Å². The van der Waals surface area contributed by atoms with Gasteiger partial charge in [0, 0.05) is 5.94 Å². The van der Waals surface area contributed by atoms with Crippen molar-refractivity contribution in [2.75, 3.05) is 0 Å². The zero-order valence-corrected chi connectivity index (χ0v) is 8.81. The number of benzene rings is 1. The molecule has 2 aliphatic rings. The molecule has 0 saturated carbocycles. The molecule has 0 radical (unpaired) electrons. The summed E-state index contributed by atoms with van der Waals surface area (Å²) in [7, 11) is 0. The Morgan fingerprint density at radius 3 is 3.19 bits per heavy atom. The van der Waals surface area contributed by atoms with Crippen LogP contribution in [0.4, 0.5) is 0 Å². The van der Waals surface area contributed by atoms with Crippen LogP contribution in [0.25, 0.3) is 0 Å². The minimum absolute atomic E-state index is 0.452. The van der Waals surface area contributed by atoms with Gasteiger partial charge in [-0.2, -0.15) is 0 Å². The molecular weight excluding hydrogens is 201 g/mol. The molecule has 0 aliphatic carbocycles. The lowest BCUT2D eigenvalue weighted by molar-refractivity contribution is 0.0696. The van der Waals surface area contributed by atoms with E-state index in [0.717, 1.165) is 18.3 Å². The molecule has 3 nitrogen and oxygen atoms in total. The summed E-state index contributed by atoms with van der Waals surface area (Å²) in [5.74, 6) is 1.79. The van der Waals surface area contributed by atoms with Gasteiger partial charge in [-0.15, -0.1) is 0 Å². The molecule has 16 heavy (non-hydrogen) atoms. The Labute approximate surface area is 94.2 Å². The van der Waals surface area contributed by atoms with Gasteiger partial charge in [0.25, 0.3) is 0 Å². The normalized spacial score (nSPS) is 21.2. The monoisotopic (exact) mass is 213 g/mol. The van der Waals surface area contributed by atoms with E-state index in [4.69, 9.17) is 5.11 Å². The third kappa shape index (κ3) is 1.33. The minimum Gasteiger partial charge on any atom is -0.478 e. The summed E-state index contributed by atoms with van der Waals surface area (Å²) in [4.78, 5) is 11.1. The second-order valence-electron chi connectivity index (χ2n) is 4.45. The van der Waals surface area contributed by atoms with Crippen molar-refractivity contribution in [1.29, 1.82) is 0 Å². The van der Waals surface area contributed by atoms with E-state index in [1.807, 2.05) is 18.3 Å². The van der Waals surface area contributed by atoms with E-state index in [1.165, 1.54) is 5.56 Å². The lowest BCUT2D eigenvalue weighted by atomic mass is 9.39. The fourth-order valence-electron chi connectivity index (χ4n) is 2.72. The maximum atomic E-state index is 11.1. The molecule has 1 aromatic rings. The van der Waals surface area contributed by atoms with Crippen LogP contribution in [0.2, 0.25) is 0 Å². The average molecular weight is 213 g/mol. The SMILES string of the molecule is O=C(O)c1cccc2c1CB1C=CNC1C2. The fraction of sp³-hybridized carbons (Fsp3) is 0.250. The van der Waals surface area contributed by atoms with E-state index < -0.39 is 5.97 Å². The summed E-state index contributed by atoms with van der Waals surface area (Å²) in [5.41, 5.74) is 2.67.